The monoisotopic (exact) mass is 519 g/mol. The maximum absolute atomic E-state index is 14.3. The van der Waals surface area contributed by atoms with Crippen molar-refractivity contribution in [2.75, 3.05) is 0 Å². The Hall–Kier alpha value is -2.77. The third-order valence-electron chi connectivity index (χ3n) is 6.29. The van der Waals surface area contributed by atoms with Crippen LogP contribution in [0.1, 0.15) is 106 Å². The van der Waals surface area contributed by atoms with E-state index < -0.39 is 35.2 Å². The lowest BCUT2D eigenvalue weighted by Crippen LogP contribution is -2.60. The first-order chi connectivity index (χ1) is 16.9. The van der Waals surface area contributed by atoms with Crippen LogP contribution in [-0.2, 0) is 14.3 Å². The number of carbonyl (C=O) groups excluding carboxylic acids is 3. The molecule has 0 bridgehead atoms. The number of phenolic OH excluding ortho intramolecular Hbond substituents is 1. The molecule has 4 atom stereocenters. The van der Waals surface area contributed by atoms with Crippen LogP contribution in [0.3, 0.4) is 0 Å². The van der Waals surface area contributed by atoms with Crippen LogP contribution in [0.15, 0.2) is 18.2 Å². The zero-order valence-electron chi connectivity index (χ0n) is 24.7. The fourth-order valence-corrected chi connectivity index (χ4v) is 4.24. The molecule has 0 aliphatic rings. The quantitative estimate of drug-likeness (QED) is 0.372. The number of aromatic hydroxyl groups is 1. The Bertz CT molecular complexity index is 932. The molecule has 8 nitrogen and oxygen atoms in total. The molecule has 1 aromatic carbocycles. The predicted molar refractivity (Wildman–Crippen MR) is 147 cm³/mol. The molecule has 1 aromatic rings. The van der Waals surface area contributed by atoms with Gasteiger partial charge in [0.1, 0.15) is 23.4 Å². The zero-order chi connectivity index (χ0) is 28.7. The van der Waals surface area contributed by atoms with Crippen molar-refractivity contribution in [3.05, 3.63) is 29.3 Å². The highest BCUT2D eigenvalue weighted by molar-refractivity contribution is 5.93. The Morgan fingerprint density at radius 2 is 1.62 bits per heavy atom. The lowest BCUT2D eigenvalue weighted by Gasteiger charge is -2.44. The van der Waals surface area contributed by atoms with Crippen molar-refractivity contribution in [2.45, 2.75) is 125 Å². The van der Waals surface area contributed by atoms with Gasteiger partial charge in [0.2, 0.25) is 11.8 Å². The SMILES string of the molecule is CCCC(C)NC(=O)C(c1cccc(C)c1O)N(C(=O)C(NC(=O)OC(C)(C)C)C(C)CC)C(C)(C)C. The molecule has 0 heterocycles. The van der Waals surface area contributed by atoms with Gasteiger partial charge in [0.25, 0.3) is 0 Å². The van der Waals surface area contributed by atoms with E-state index in [-0.39, 0.29) is 23.6 Å². The molecular weight excluding hydrogens is 470 g/mol. The molecule has 0 aromatic heterocycles. The Balaban J connectivity index is 3.69. The van der Waals surface area contributed by atoms with Gasteiger partial charge in [-0.2, -0.15) is 0 Å². The number of hydrogen-bond donors (Lipinski definition) is 3. The van der Waals surface area contributed by atoms with Crippen molar-refractivity contribution in [1.29, 1.82) is 0 Å². The third kappa shape index (κ3) is 9.24. The van der Waals surface area contributed by atoms with Gasteiger partial charge in [-0.1, -0.05) is 51.8 Å². The molecule has 0 saturated carbocycles. The van der Waals surface area contributed by atoms with Crippen molar-refractivity contribution < 1.29 is 24.2 Å². The highest BCUT2D eigenvalue weighted by Crippen LogP contribution is 2.36. The van der Waals surface area contributed by atoms with Crippen LogP contribution < -0.4 is 10.6 Å². The van der Waals surface area contributed by atoms with Crippen LogP contribution in [0.4, 0.5) is 4.79 Å². The van der Waals surface area contributed by atoms with Gasteiger partial charge in [0, 0.05) is 17.1 Å². The number of aryl methyl sites for hydroxylation is 1. The van der Waals surface area contributed by atoms with E-state index in [1.165, 1.54) is 4.90 Å². The van der Waals surface area contributed by atoms with Gasteiger partial charge in [-0.25, -0.2) is 4.79 Å². The largest absolute Gasteiger partial charge is 0.507 e. The minimum absolute atomic E-state index is 0.0342. The van der Waals surface area contributed by atoms with E-state index in [1.54, 1.807) is 45.9 Å². The van der Waals surface area contributed by atoms with Crippen LogP contribution in [0.2, 0.25) is 0 Å². The summed E-state index contributed by atoms with van der Waals surface area (Å²) in [4.78, 5) is 42.4. The zero-order valence-corrected chi connectivity index (χ0v) is 24.7. The molecule has 8 heteroatoms. The predicted octanol–water partition coefficient (Wildman–Crippen LogP) is 5.61. The minimum Gasteiger partial charge on any atom is -0.507 e. The summed E-state index contributed by atoms with van der Waals surface area (Å²) < 4.78 is 5.45. The van der Waals surface area contributed by atoms with Crippen molar-refractivity contribution >= 4 is 17.9 Å². The third-order valence-corrected chi connectivity index (χ3v) is 6.29. The average Bonchev–Trinajstić information content (AvgIpc) is 2.75. The summed E-state index contributed by atoms with van der Waals surface area (Å²) in [5.41, 5.74) is -0.625. The summed E-state index contributed by atoms with van der Waals surface area (Å²) in [7, 11) is 0. The summed E-state index contributed by atoms with van der Waals surface area (Å²) in [6.07, 6.45) is 1.58. The van der Waals surface area contributed by atoms with Crippen molar-refractivity contribution in [3.8, 4) is 5.75 Å². The van der Waals surface area contributed by atoms with Crippen molar-refractivity contribution in [3.63, 3.8) is 0 Å². The maximum Gasteiger partial charge on any atom is 0.408 e. The molecule has 0 aliphatic carbocycles. The summed E-state index contributed by atoms with van der Waals surface area (Å²) in [6.45, 7) is 20.3. The van der Waals surface area contributed by atoms with Gasteiger partial charge >= 0.3 is 6.09 Å². The lowest BCUT2D eigenvalue weighted by molar-refractivity contribution is -0.149. The Kier molecular flexibility index (Phi) is 11.5. The molecule has 3 N–H and O–H groups in total. The number of rotatable bonds is 10. The molecule has 3 amide bonds. The van der Waals surface area contributed by atoms with Crippen LogP contribution in [-0.4, -0.2) is 51.1 Å². The van der Waals surface area contributed by atoms with E-state index in [4.69, 9.17) is 4.74 Å². The first-order valence-electron chi connectivity index (χ1n) is 13.4. The fourth-order valence-electron chi connectivity index (χ4n) is 4.24. The number of hydrogen-bond acceptors (Lipinski definition) is 5. The van der Waals surface area contributed by atoms with Gasteiger partial charge < -0.3 is 25.4 Å². The summed E-state index contributed by atoms with van der Waals surface area (Å²) >= 11 is 0. The van der Waals surface area contributed by atoms with Crippen LogP contribution in [0.25, 0.3) is 0 Å². The van der Waals surface area contributed by atoms with E-state index in [2.05, 4.69) is 10.6 Å². The van der Waals surface area contributed by atoms with Gasteiger partial charge in [0.05, 0.1) is 0 Å². The molecule has 4 unspecified atom stereocenters. The van der Waals surface area contributed by atoms with E-state index in [0.717, 1.165) is 12.8 Å². The minimum atomic E-state index is -1.11. The number of nitrogens with one attached hydrogen (secondary N) is 2. The Morgan fingerprint density at radius 3 is 2.11 bits per heavy atom. The Labute approximate surface area is 223 Å². The highest BCUT2D eigenvalue weighted by Gasteiger charge is 2.44. The highest BCUT2D eigenvalue weighted by atomic mass is 16.6. The topological polar surface area (TPSA) is 108 Å². The number of alkyl carbamates (subject to hydrolysis) is 1. The summed E-state index contributed by atoms with van der Waals surface area (Å²) in [5, 5.41) is 16.8. The first kappa shape index (κ1) is 32.3. The van der Waals surface area contributed by atoms with Gasteiger partial charge in [-0.05, 0) is 73.3 Å². The molecule has 37 heavy (non-hydrogen) atoms. The smallest absolute Gasteiger partial charge is 0.408 e. The van der Waals surface area contributed by atoms with E-state index in [1.807, 2.05) is 48.5 Å². The fraction of sp³-hybridized carbons (Fsp3) is 0.690. The summed E-state index contributed by atoms with van der Waals surface area (Å²) in [5.74, 6) is -1.08. The molecule has 0 radical (unpaired) electrons. The molecule has 0 saturated heterocycles. The maximum atomic E-state index is 14.3. The number of amides is 3. The molecule has 0 fully saturated rings. The number of phenols is 1. The average molecular weight is 520 g/mol. The van der Waals surface area contributed by atoms with Gasteiger partial charge in [-0.3, -0.25) is 9.59 Å². The van der Waals surface area contributed by atoms with Crippen LogP contribution >= 0.6 is 0 Å². The number of para-hydroxylation sites is 1. The van der Waals surface area contributed by atoms with Gasteiger partial charge in [0.15, 0.2) is 0 Å². The summed E-state index contributed by atoms with van der Waals surface area (Å²) in [6, 6.07) is 3.02. The van der Waals surface area contributed by atoms with Crippen molar-refractivity contribution in [1.82, 2.24) is 15.5 Å². The van der Waals surface area contributed by atoms with Crippen LogP contribution in [0, 0.1) is 12.8 Å². The number of nitrogens with zero attached hydrogens (tertiary/aromatic N) is 1. The van der Waals surface area contributed by atoms with E-state index in [0.29, 0.717) is 17.5 Å². The molecule has 0 aliphatic heterocycles. The van der Waals surface area contributed by atoms with Gasteiger partial charge in [-0.15, -0.1) is 0 Å². The molecular formula is C29H49N3O5. The van der Waals surface area contributed by atoms with E-state index >= 15 is 0 Å². The van der Waals surface area contributed by atoms with E-state index in [9.17, 15) is 19.5 Å². The second kappa shape index (κ2) is 13.2. The first-order valence-corrected chi connectivity index (χ1v) is 13.4. The number of benzene rings is 1. The second-order valence-corrected chi connectivity index (χ2v) is 12.0. The van der Waals surface area contributed by atoms with Crippen LogP contribution in [0.5, 0.6) is 5.75 Å². The molecule has 0 spiro atoms. The number of ether oxygens (including phenoxy) is 1. The molecule has 210 valence electrons. The lowest BCUT2D eigenvalue weighted by atomic mass is 9.90. The van der Waals surface area contributed by atoms with Crippen molar-refractivity contribution in [2.24, 2.45) is 5.92 Å². The second-order valence-electron chi connectivity index (χ2n) is 12.0. The standard InChI is InChI=1S/C29H49N3O5/c1-12-15-20(5)30-25(34)23(21-17-14-16-19(4)24(21)33)32(28(6,7)8)26(35)22(18(3)13-2)31-27(36)37-29(9,10)11/h14,16-18,20,22-23,33H,12-13,15H2,1-11H3,(H,30,34)(H,31,36). The molecule has 1 rings (SSSR count). The number of carbonyl (C=O) groups is 3. The normalized spacial score (nSPS) is 15.2. The Morgan fingerprint density at radius 1 is 1.03 bits per heavy atom.